The van der Waals surface area contributed by atoms with Crippen LogP contribution in [0, 0.1) is 0 Å². The molecule has 1 unspecified atom stereocenters. The quantitative estimate of drug-likeness (QED) is 0.296. The number of aliphatic imine (C=N–C) groups is 1. The van der Waals surface area contributed by atoms with Gasteiger partial charge in [0.05, 0.1) is 19.3 Å². The van der Waals surface area contributed by atoms with Crippen molar-refractivity contribution >= 4 is 11.9 Å². The highest BCUT2D eigenvalue weighted by atomic mass is 16.5. The van der Waals surface area contributed by atoms with E-state index in [4.69, 9.17) is 9.47 Å². The summed E-state index contributed by atoms with van der Waals surface area (Å²) in [5, 5.41) is 6.67. The third-order valence-corrected chi connectivity index (χ3v) is 5.17. The van der Waals surface area contributed by atoms with E-state index in [9.17, 15) is 4.79 Å². The Bertz CT molecular complexity index is 648. The standard InChI is InChI=1S/C23H39N5O3/c1-20(21-9-5-4-6-10-21)31-16-8-12-25-23(26-19-22(29)27(2)3)24-11-7-13-28-14-17-30-18-15-28/h4-6,9-10,20H,7-8,11-19H2,1-3H3,(H2,24,25,26). The van der Waals surface area contributed by atoms with E-state index in [0.29, 0.717) is 12.6 Å². The van der Waals surface area contributed by atoms with Crippen LogP contribution in [-0.4, -0.2) is 94.9 Å². The predicted molar refractivity (Wildman–Crippen MR) is 124 cm³/mol. The largest absolute Gasteiger partial charge is 0.379 e. The van der Waals surface area contributed by atoms with Gasteiger partial charge in [-0.1, -0.05) is 30.3 Å². The van der Waals surface area contributed by atoms with Gasteiger partial charge in [-0.05, 0) is 31.9 Å². The van der Waals surface area contributed by atoms with Gasteiger partial charge in [0.25, 0.3) is 0 Å². The van der Waals surface area contributed by atoms with Crippen LogP contribution in [0.4, 0.5) is 0 Å². The van der Waals surface area contributed by atoms with Crippen molar-refractivity contribution in [2.45, 2.75) is 25.9 Å². The van der Waals surface area contributed by atoms with Gasteiger partial charge < -0.3 is 25.0 Å². The highest BCUT2D eigenvalue weighted by Crippen LogP contribution is 2.15. The first-order valence-electron chi connectivity index (χ1n) is 11.2. The van der Waals surface area contributed by atoms with Gasteiger partial charge in [0.15, 0.2) is 5.96 Å². The summed E-state index contributed by atoms with van der Waals surface area (Å²) >= 11 is 0. The van der Waals surface area contributed by atoms with E-state index in [1.807, 2.05) is 18.2 Å². The van der Waals surface area contributed by atoms with Crippen LogP contribution in [0.5, 0.6) is 0 Å². The highest BCUT2D eigenvalue weighted by molar-refractivity contribution is 5.84. The summed E-state index contributed by atoms with van der Waals surface area (Å²) in [7, 11) is 3.48. The summed E-state index contributed by atoms with van der Waals surface area (Å²) in [5.41, 5.74) is 1.18. The molecule has 1 aromatic rings. The average molecular weight is 434 g/mol. The Kier molecular flexibility index (Phi) is 12.0. The Balaban J connectivity index is 1.68. The minimum Gasteiger partial charge on any atom is -0.379 e. The topological polar surface area (TPSA) is 78.4 Å². The van der Waals surface area contributed by atoms with Crippen LogP contribution in [0.1, 0.15) is 31.4 Å². The Morgan fingerprint density at radius 1 is 1.16 bits per heavy atom. The molecule has 8 nitrogen and oxygen atoms in total. The molecule has 1 atom stereocenters. The Morgan fingerprint density at radius 2 is 1.84 bits per heavy atom. The first-order chi connectivity index (χ1) is 15.1. The number of nitrogens with one attached hydrogen (secondary N) is 2. The molecule has 1 aliphatic rings. The van der Waals surface area contributed by atoms with Crippen molar-refractivity contribution in [3.63, 3.8) is 0 Å². The van der Waals surface area contributed by atoms with Gasteiger partial charge >= 0.3 is 0 Å². The summed E-state index contributed by atoms with van der Waals surface area (Å²) in [6, 6.07) is 10.2. The van der Waals surface area contributed by atoms with E-state index < -0.39 is 0 Å². The monoisotopic (exact) mass is 433 g/mol. The molecule has 1 saturated heterocycles. The van der Waals surface area contributed by atoms with Crippen molar-refractivity contribution in [2.24, 2.45) is 4.99 Å². The summed E-state index contributed by atoms with van der Waals surface area (Å²) in [4.78, 5) is 20.3. The number of benzene rings is 1. The summed E-state index contributed by atoms with van der Waals surface area (Å²) in [5.74, 6) is 0.655. The second-order valence-electron chi connectivity index (χ2n) is 7.89. The molecule has 31 heavy (non-hydrogen) atoms. The van der Waals surface area contributed by atoms with Gasteiger partial charge in [-0.15, -0.1) is 0 Å². The SMILES string of the molecule is CC(OCCCNC(=NCC(=O)N(C)C)NCCCN1CCOCC1)c1ccccc1. The van der Waals surface area contributed by atoms with Crippen LogP contribution < -0.4 is 10.6 Å². The Labute approximate surface area is 187 Å². The fourth-order valence-electron chi connectivity index (χ4n) is 3.16. The highest BCUT2D eigenvalue weighted by Gasteiger charge is 2.10. The average Bonchev–Trinajstić information content (AvgIpc) is 2.80. The van der Waals surface area contributed by atoms with Crippen LogP contribution in [0.2, 0.25) is 0 Å². The number of hydrogen-bond acceptors (Lipinski definition) is 5. The fourth-order valence-corrected chi connectivity index (χ4v) is 3.16. The fraction of sp³-hybridized carbons (Fsp3) is 0.652. The first kappa shape index (κ1) is 25.1. The van der Waals surface area contributed by atoms with E-state index in [2.05, 4.69) is 39.6 Å². The molecule has 1 aromatic carbocycles. The number of ether oxygens (including phenoxy) is 2. The molecule has 0 bridgehead atoms. The molecule has 0 aliphatic carbocycles. The minimum absolute atomic E-state index is 0.0190. The molecule has 0 aromatic heterocycles. The lowest BCUT2D eigenvalue weighted by Gasteiger charge is -2.26. The van der Waals surface area contributed by atoms with Crippen LogP contribution in [0.25, 0.3) is 0 Å². The molecule has 2 rings (SSSR count). The van der Waals surface area contributed by atoms with Gasteiger partial charge in [-0.25, -0.2) is 4.99 Å². The smallest absolute Gasteiger partial charge is 0.243 e. The number of morpholine rings is 1. The van der Waals surface area contributed by atoms with E-state index >= 15 is 0 Å². The minimum atomic E-state index is -0.0190. The van der Waals surface area contributed by atoms with Crippen molar-refractivity contribution in [3.05, 3.63) is 35.9 Å². The normalized spacial score (nSPS) is 16.0. The van der Waals surface area contributed by atoms with Gasteiger partial charge in [0.1, 0.15) is 6.54 Å². The maximum atomic E-state index is 11.9. The molecular formula is C23H39N5O3. The molecule has 1 aliphatic heterocycles. The molecule has 1 amide bonds. The van der Waals surface area contributed by atoms with Crippen molar-refractivity contribution < 1.29 is 14.3 Å². The zero-order valence-corrected chi connectivity index (χ0v) is 19.3. The summed E-state index contributed by atoms with van der Waals surface area (Å²) in [6.07, 6.45) is 1.94. The molecule has 174 valence electrons. The second kappa shape index (κ2) is 14.8. The maximum absolute atomic E-state index is 11.9. The number of nitrogens with zero attached hydrogens (tertiary/aromatic N) is 3. The Hall–Kier alpha value is -2.16. The Morgan fingerprint density at radius 3 is 2.52 bits per heavy atom. The number of carbonyl (C=O) groups is 1. The second-order valence-corrected chi connectivity index (χ2v) is 7.89. The molecule has 1 heterocycles. The third-order valence-electron chi connectivity index (χ3n) is 5.17. The van der Waals surface area contributed by atoms with E-state index in [0.717, 1.165) is 58.8 Å². The molecule has 0 radical (unpaired) electrons. The summed E-state index contributed by atoms with van der Waals surface area (Å²) in [6.45, 7) is 9.06. The number of rotatable bonds is 12. The van der Waals surface area contributed by atoms with Crippen LogP contribution in [0.3, 0.4) is 0 Å². The first-order valence-corrected chi connectivity index (χ1v) is 11.2. The van der Waals surface area contributed by atoms with Gasteiger partial charge in [0, 0.05) is 46.9 Å². The number of guanidine groups is 1. The molecule has 2 N–H and O–H groups in total. The van der Waals surface area contributed by atoms with Crippen molar-refractivity contribution in [1.29, 1.82) is 0 Å². The third kappa shape index (κ3) is 10.6. The number of carbonyl (C=O) groups excluding carboxylic acids is 1. The maximum Gasteiger partial charge on any atom is 0.243 e. The zero-order chi connectivity index (χ0) is 22.3. The number of likely N-dealkylation sites (N-methyl/N-ethyl adjacent to an activating group) is 1. The molecule has 0 saturated carbocycles. The molecule has 1 fully saturated rings. The predicted octanol–water partition coefficient (Wildman–Crippen LogP) is 1.50. The zero-order valence-electron chi connectivity index (χ0n) is 19.3. The van der Waals surface area contributed by atoms with Gasteiger partial charge in [0.2, 0.25) is 5.91 Å². The van der Waals surface area contributed by atoms with E-state index in [1.54, 1.807) is 19.0 Å². The van der Waals surface area contributed by atoms with Crippen molar-refractivity contribution in [2.75, 3.05) is 73.2 Å². The van der Waals surface area contributed by atoms with Crippen LogP contribution in [0.15, 0.2) is 35.3 Å². The lowest BCUT2D eigenvalue weighted by Crippen LogP contribution is -2.41. The van der Waals surface area contributed by atoms with E-state index in [-0.39, 0.29) is 18.6 Å². The van der Waals surface area contributed by atoms with E-state index in [1.165, 1.54) is 5.56 Å². The van der Waals surface area contributed by atoms with Crippen molar-refractivity contribution in [3.8, 4) is 0 Å². The summed E-state index contributed by atoms with van der Waals surface area (Å²) < 4.78 is 11.3. The molecule has 8 heteroatoms. The molecular weight excluding hydrogens is 394 g/mol. The van der Waals surface area contributed by atoms with Crippen LogP contribution in [-0.2, 0) is 14.3 Å². The lowest BCUT2D eigenvalue weighted by atomic mass is 10.1. The lowest BCUT2D eigenvalue weighted by molar-refractivity contribution is -0.127. The van der Waals surface area contributed by atoms with Crippen LogP contribution >= 0.6 is 0 Å². The van der Waals surface area contributed by atoms with Gasteiger partial charge in [-0.2, -0.15) is 0 Å². The number of amides is 1. The van der Waals surface area contributed by atoms with Crippen molar-refractivity contribution in [1.82, 2.24) is 20.4 Å². The van der Waals surface area contributed by atoms with Gasteiger partial charge in [-0.3, -0.25) is 9.69 Å². The number of hydrogen-bond donors (Lipinski definition) is 2. The molecule has 0 spiro atoms.